The quantitative estimate of drug-likeness (QED) is 0.121. The number of anilines is 1. The number of hydrogen-bond donors (Lipinski definition) is 1. The van der Waals surface area contributed by atoms with Gasteiger partial charge in [0.05, 0.1) is 24.7 Å². The van der Waals surface area contributed by atoms with Crippen LogP contribution in [0.4, 0.5) is 10.5 Å². The molecule has 12 nitrogen and oxygen atoms in total. The number of Topliss-reactive ketones (excluding diaryl/α,β-unsaturated/α-hetero) is 2. The molecule has 51 heavy (non-hydrogen) atoms. The van der Waals surface area contributed by atoms with Crippen LogP contribution in [0.2, 0.25) is 0 Å². The smallest absolute Gasteiger partial charge is 0.409 e. The Morgan fingerprint density at radius 2 is 1.67 bits per heavy atom. The molecule has 2 fully saturated rings. The molecule has 0 radical (unpaired) electrons. The number of benzene rings is 3. The lowest BCUT2D eigenvalue weighted by molar-refractivity contribution is -0.132. The van der Waals surface area contributed by atoms with Crippen LogP contribution in [0.3, 0.4) is 0 Å². The van der Waals surface area contributed by atoms with Gasteiger partial charge < -0.3 is 29.0 Å². The van der Waals surface area contributed by atoms with Crippen molar-refractivity contribution < 1.29 is 38.2 Å². The van der Waals surface area contributed by atoms with Gasteiger partial charge in [-0.3, -0.25) is 14.4 Å². The van der Waals surface area contributed by atoms with E-state index in [2.05, 4.69) is 0 Å². The first-order valence-electron chi connectivity index (χ1n) is 17.2. The molecule has 0 bridgehead atoms. The van der Waals surface area contributed by atoms with E-state index in [-0.39, 0.29) is 73.7 Å². The average molecular weight is 696 g/mol. The zero-order chi connectivity index (χ0) is 36.4. The highest BCUT2D eigenvalue weighted by Crippen LogP contribution is 2.42. The van der Waals surface area contributed by atoms with Gasteiger partial charge in [0.1, 0.15) is 37.0 Å². The van der Waals surface area contributed by atoms with Gasteiger partial charge in [0.2, 0.25) is 5.36 Å². The number of carboxylic acids is 1. The van der Waals surface area contributed by atoms with E-state index in [0.717, 1.165) is 22.0 Å². The number of carbonyl (C=O) groups excluding carboxylic acids is 4. The van der Waals surface area contributed by atoms with Crippen molar-refractivity contribution in [2.24, 2.45) is 5.92 Å². The van der Waals surface area contributed by atoms with Crippen molar-refractivity contribution in [1.29, 1.82) is 0 Å². The molecule has 4 aliphatic rings. The maximum absolute atomic E-state index is 13.7. The fraction of sp³-hybridized carbons (Fsp3) is 0.385. The molecule has 2 amide bonds. The van der Waals surface area contributed by atoms with Crippen LogP contribution in [0.15, 0.2) is 59.0 Å². The second-order valence-electron chi connectivity index (χ2n) is 13.6. The second kappa shape index (κ2) is 14.8. The Hall–Kier alpha value is -5.52. The maximum Gasteiger partial charge on any atom is 0.409 e. The van der Waals surface area contributed by atoms with Crippen molar-refractivity contribution in [2.75, 3.05) is 65.9 Å². The predicted molar refractivity (Wildman–Crippen MR) is 192 cm³/mol. The fourth-order valence-corrected chi connectivity index (χ4v) is 6.87. The van der Waals surface area contributed by atoms with Crippen LogP contribution in [-0.4, -0.2) is 105 Å². The van der Waals surface area contributed by atoms with Gasteiger partial charge >= 0.3 is 12.1 Å². The molecule has 266 valence electrons. The van der Waals surface area contributed by atoms with Gasteiger partial charge in [0, 0.05) is 92.5 Å². The van der Waals surface area contributed by atoms with Crippen LogP contribution >= 0.6 is 0 Å². The Morgan fingerprint density at radius 3 is 2.35 bits per heavy atom. The molecule has 6 rings (SSSR count). The Morgan fingerprint density at radius 1 is 0.941 bits per heavy atom. The highest BCUT2D eigenvalue weighted by Gasteiger charge is 2.29. The van der Waals surface area contributed by atoms with Crippen LogP contribution in [0.25, 0.3) is 33.4 Å². The molecule has 2 heterocycles. The van der Waals surface area contributed by atoms with E-state index in [9.17, 15) is 29.1 Å². The summed E-state index contributed by atoms with van der Waals surface area (Å²) >= 11 is 0. The van der Waals surface area contributed by atoms with E-state index in [0.29, 0.717) is 48.2 Å². The summed E-state index contributed by atoms with van der Waals surface area (Å²) in [5.41, 5.74) is 3.68. The first-order valence-corrected chi connectivity index (χ1v) is 17.2. The van der Waals surface area contributed by atoms with E-state index in [1.165, 1.54) is 6.07 Å². The van der Waals surface area contributed by atoms with E-state index >= 15 is 0 Å². The minimum absolute atomic E-state index is 0.00314. The molecule has 0 aromatic heterocycles. The second-order valence-corrected chi connectivity index (χ2v) is 13.6. The van der Waals surface area contributed by atoms with Crippen molar-refractivity contribution >= 4 is 46.2 Å². The number of carbonyl (C=O) groups is 5. The SMILES string of the molecule is CN(C)c1ccc2c(-c3ccc(C(=O)N4CCN(C(=O)OCCCC5CCC(=O)CC5=O)CC4)cc3C(=O)O)c3ccc(=[N+](C)C)cc-3oc2c1. The largest absolute Gasteiger partial charge is 0.478 e. The van der Waals surface area contributed by atoms with Crippen LogP contribution in [0.5, 0.6) is 0 Å². The summed E-state index contributed by atoms with van der Waals surface area (Å²) in [4.78, 5) is 67.8. The fourth-order valence-electron chi connectivity index (χ4n) is 6.87. The number of ketones is 2. The Bertz CT molecular complexity index is 2070. The normalized spacial score (nSPS) is 16.4. The summed E-state index contributed by atoms with van der Waals surface area (Å²) in [5.74, 6) is -1.07. The third-order valence-corrected chi connectivity index (χ3v) is 9.83. The summed E-state index contributed by atoms with van der Waals surface area (Å²) in [6, 6.07) is 16.4. The van der Waals surface area contributed by atoms with Gasteiger partial charge in [-0.25, -0.2) is 14.2 Å². The molecule has 1 N–H and O–H groups in total. The number of aromatic carboxylic acids is 1. The number of hydrogen-bond acceptors (Lipinski definition) is 8. The van der Waals surface area contributed by atoms with Gasteiger partial charge in [0.25, 0.3) is 5.91 Å². The minimum Gasteiger partial charge on any atom is -0.478 e. The summed E-state index contributed by atoms with van der Waals surface area (Å²) in [6.07, 6.45) is 1.63. The third-order valence-electron chi connectivity index (χ3n) is 9.83. The van der Waals surface area contributed by atoms with Crippen LogP contribution < -0.4 is 14.8 Å². The summed E-state index contributed by atoms with van der Waals surface area (Å²) < 4.78 is 13.8. The van der Waals surface area contributed by atoms with E-state index in [4.69, 9.17) is 9.15 Å². The standard InChI is InChI=1S/C39H42N4O8/c1-40(2)26-9-13-30-34(21-26)51-35-22-27(41(3)4)10-14-31(35)36(30)29-12-8-25(20-32(29)38(47)48)37(46)42-15-17-43(18-16-42)39(49)50-19-5-6-24-7-11-28(44)23-33(24)45/h8-10,12-14,20-22,24H,5-7,11,15-19,23H2,1-4H3/p+1. The van der Waals surface area contributed by atoms with Crippen molar-refractivity contribution in [3.05, 3.63) is 71.1 Å². The van der Waals surface area contributed by atoms with Crippen molar-refractivity contribution in [3.8, 4) is 22.5 Å². The van der Waals surface area contributed by atoms with Gasteiger partial charge in [-0.05, 0) is 55.2 Å². The summed E-state index contributed by atoms with van der Waals surface area (Å²) in [5, 5.41) is 12.1. The Labute approximate surface area is 295 Å². The third kappa shape index (κ3) is 7.50. The first kappa shape index (κ1) is 35.3. The first-order chi connectivity index (χ1) is 24.4. The number of amides is 2. The van der Waals surface area contributed by atoms with Gasteiger partial charge in [0.15, 0.2) is 0 Å². The van der Waals surface area contributed by atoms with Crippen LogP contribution in [0, 0.1) is 5.92 Å². The monoisotopic (exact) mass is 695 g/mol. The number of fused-ring (bicyclic) bond motifs is 2. The predicted octanol–water partition coefficient (Wildman–Crippen LogP) is 4.61. The molecule has 12 heteroatoms. The topological polar surface area (TPSA) is 141 Å². The molecule has 1 unspecified atom stereocenters. The molecule has 0 spiro atoms. The van der Waals surface area contributed by atoms with E-state index in [1.807, 2.05) is 74.1 Å². The Balaban J connectivity index is 1.19. The van der Waals surface area contributed by atoms with Crippen molar-refractivity contribution in [1.82, 2.24) is 14.4 Å². The number of carboxylic acid groups (broad SMARTS) is 1. The lowest BCUT2D eigenvalue weighted by atomic mass is 9.84. The number of rotatable bonds is 8. The molecule has 2 aliphatic heterocycles. The number of ether oxygens (including phenoxy) is 1. The van der Waals surface area contributed by atoms with Gasteiger partial charge in [-0.2, -0.15) is 0 Å². The van der Waals surface area contributed by atoms with Crippen molar-refractivity contribution in [3.63, 3.8) is 0 Å². The Kier molecular flexibility index (Phi) is 10.2. The van der Waals surface area contributed by atoms with Gasteiger partial charge in [-0.1, -0.05) is 6.07 Å². The van der Waals surface area contributed by atoms with Crippen molar-refractivity contribution in [2.45, 2.75) is 32.1 Å². The molecule has 2 aliphatic carbocycles. The number of piperazine rings is 1. The highest BCUT2D eigenvalue weighted by molar-refractivity contribution is 6.09. The molecule has 2 aromatic carbocycles. The molecule has 1 saturated carbocycles. The lowest BCUT2D eigenvalue weighted by Gasteiger charge is -2.34. The average Bonchev–Trinajstić information content (AvgIpc) is 3.12. The lowest BCUT2D eigenvalue weighted by Crippen LogP contribution is -2.50. The molecular weight excluding hydrogens is 652 g/mol. The molecular formula is C39H43N4O8+. The number of nitrogens with zero attached hydrogens (tertiary/aromatic N) is 4. The van der Waals surface area contributed by atoms with E-state index < -0.39 is 12.1 Å². The minimum atomic E-state index is -1.16. The molecule has 1 atom stereocenters. The highest BCUT2D eigenvalue weighted by atomic mass is 16.6. The van der Waals surface area contributed by atoms with E-state index in [1.54, 1.807) is 21.9 Å². The van der Waals surface area contributed by atoms with Crippen LogP contribution in [0.1, 0.15) is 52.8 Å². The molecule has 2 aromatic rings. The summed E-state index contributed by atoms with van der Waals surface area (Å²) in [7, 11) is 7.75. The zero-order valence-corrected chi connectivity index (χ0v) is 29.4. The maximum atomic E-state index is 13.7. The van der Waals surface area contributed by atoms with Crippen LogP contribution in [-0.2, 0) is 14.3 Å². The molecule has 1 saturated heterocycles. The zero-order valence-electron chi connectivity index (χ0n) is 29.4. The van der Waals surface area contributed by atoms with Gasteiger partial charge in [-0.15, -0.1) is 0 Å². The summed E-state index contributed by atoms with van der Waals surface area (Å²) in [6.45, 7) is 1.24.